The highest BCUT2D eigenvalue weighted by atomic mass is 32.2. The average molecular weight is 194 g/mol. The summed E-state index contributed by atoms with van der Waals surface area (Å²) in [6.45, 7) is 3.69. The van der Waals surface area contributed by atoms with Crippen molar-refractivity contribution < 1.29 is 0 Å². The summed E-state index contributed by atoms with van der Waals surface area (Å²) in [5.41, 5.74) is 2.24. The highest BCUT2D eigenvalue weighted by molar-refractivity contribution is 8.23. The lowest BCUT2D eigenvalue weighted by molar-refractivity contribution is 1.64. The maximum atomic E-state index is 5.14. The average Bonchev–Trinajstić information content (AvgIpc) is 2.17. The summed E-state index contributed by atoms with van der Waals surface area (Å²) in [4.78, 5) is 0. The predicted octanol–water partition coefficient (Wildman–Crippen LogP) is 3.37. The Kier molecular flexibility index (Phi) is 3.50. The number of hydrogen-bond donors (Lipinski definition) is 0. The first-order valence-electron chi connectivity index (χ1n) is 3.58. The van der Waals surface area contributed by atoms with Gasteiger partial charge in [0.05, 0.1) is 4.20 Å². The van der Waals surface area contributed by atoms with E-state index in [0.29, 0.717) is 0 Å². The molecule has 12 heavy (non-hydrogen) atoms. The fourth-order valence-corrected chi connectivity index (χ4v) is 1.38. The van der Waals surface area contributed by atoms with Crippen LogP contribution in [0.15, 0.2) is 30.8 Å². The molecule has 2 heteroatoms. The molecule has 0 spiro atoms. The molecule has 0 aliphatic rings. The minimum atomic E-state index is 0.936. The molecule has 0 bridgehead atoms. The standard InChI is InChI=1S/C10H10S2/c1-3-8-4-6-9(7-5-8)10(11)12-2/h3-7H,1H2,2H3. The van der Waals surface area contributed by atoms with Crippen LogP contribution in [0.1, 0.15) is 11.1 Å². The van der Waals surface area contributed by atoms with Crippen molar-refractivity contribution in [3.63, 3.8) is 0 Å². The molecular weight excluding hydrogens is 184 g/mol. The molecule has 0 saturated carbocycles. The van der Waals surface area contributed by atoms with Crippen molar-refractivity contribution in [3.05, 3.63) is 42.0 Å². The highest BCUT2D eigenvalue weighted by Gasteiger charge is 1.97. The van der Waals surface area contributed by atoms with Crippen LogP contribution in [0.2, 0.25) is 0 Å². The van der Waals surface area contributed by atoms with E-state index >= 15 is 0 Å². The topological polar surface area (TPSA) is 0 Å². The fourth-order valence-electron chi connectivity index (χ4n) is 0.873. The van der Waals surface area contributed by atoms with Gasteiger partial charge >= 0.3 is 0 Å². The quantitative estimate of drug-likeness (QED) is 0.662. The smallest absolute Gasteiger partial charge is 0.0775 e. The lowest BCUT2D eigenvalue weighted by Crippen LogP contribution is -1.89. The molecule has 1 aromatic carbocycles. The fraction of sp³-hybridized carbons (Fsp3) is 0.100. The summed E-state index contributed by atoms with van der Waals surface area (Å²) in [5, 5.41) is 0. The normalized spacial score (nSPS) is 9.42. The monoisotopic (exact) mass is 194 g/mol. The molecular formula is C10H10S2. The molecule has 0 aromatic heterocycles. The van der Waals surface area contributed by atoms with Crippen molar-refractivity contribution in [1.82, 2.24) is 0 Å². The van der Waals surface area contributed by atoms with Crippen LogP contribution < -0.4 is 0 Å². The third-order valence-electron chi connectivity index (χ3n) is 1.57. The van der Waals surface area contributed by atoms with Crippen LogP contribution >= 0.6 is 24.0 Å². The maximum absolute atomic E-state index is 5.14. The Bertz CT molecular complexity index is 285. The van der Waals surface area contributed by atoms with Gasteiger partial charge < -0.3 is 0 Å². The number of rotatable bonds is 2. The van der Waals surface area contributed by atoms with Crippen LogP contribution in [0.3, 0.4) is 0 Å². The summed E-state index contributed by atoms with van der Waals surface area (Å²) in [7, 11) is 0. The summed E-state index contributed by atoms with van der Waals surface area (Å²) in [6.07, 6.45) is 3.82. The summed E-state index contributed by atoms with van der Waals surface area (Å²) in [5.74, 6) is 0. The molecule has 0 aliphatic carbocycles. The highest BCUT2D eigenvalue weighted by Crippen LogP contribution is 2.12. The van der Waals surface area contributed by atoms with Gasteiger partial charge in [-0.05, 0) is 17.4 Å². The second kappa shape index (κ2) is 4.43. The molecule has 0 aliphatic heterocycles. The van der Waals surface area contributed by atoms with Crippen LogP contribution in [0.4, 0.5) is 0 Å². The molecule has 0 N–H and O–H groups in total. The largest absolute Gasteiger partial charge is 0.117 e. The summed E-state index contributed by atoms with van der Waals surface area (Å²) in [6, 6.07) is 8.08. The van der Waals surface area contributed by atoms with Crippen molar-refractivity contribution >= 4 is 34.3 Å². The van der Waals surface area contributed by atoms with Crippen LogP contribution in [-0.4, -0.2) is 10.5 Å². The lowest BCUT2D eigenvalue weighted by atomic mass is 10.1. The van der Waals surface area contributed by atoms with Gasteiger partial charge in [-0.15, -0.1) is 11.8 Å². The molecule has 1 aromatic rings. The van der Waals surface area contributed by atoms with Gasteiger partial charge in [-0.1, -0.05) is 49.1 Å². The summed E-state index contributed by atoms with van der Waals surface area (Å²) >= 11 is 6.74. The van der Waals surface area contributed by atoms with Crippen molar-refractivity contribution in [2.75, 3.05) is 6.26 Å². The van der Waals surface area contributed by atoms with Crippen molar-refractivity contribution in [2.24, 2.45) is 0 Å². The van der Waals surface area contributed by atoms with Gasteiger partial charge in [0, 0.05) is 0 Å². The third kappa shape index (κ3) is 2.19. The van der Waals surface area contributed by atoms with Crippen molar-refractivity contribution in [3.8, 4) is 0 Å². The Morgan fingerprint density at radius 3 is 2.42 bits per heavy atom. The Hall–Kier alpha value is -0.600. The zero-order valence-electron chi connectivity index (χ0n) is 6.91. The van der Waals surface area contributed by atoms with E-state index < -0.39 is 0 Å². The van der Waals surface area contributed by atoms with E-state index in [4.69, 9.17) is 12.2 Å². The van der Waals surface area contributed by atoms with Gasteiger partial charge in [0.2, 0.25) is 0 Å². The predicted molar refractivity (Wildman–Crippen MR) is 61.7 cm³/mol. The second-order valence-corrected chi connectivity index (χ2v) is 3.80. The zero-order valence-corrected chi connectivity index (χ0v) is 8.54. The first kappa shape index (κ1) is 9.49. The van der Waals surface area contributed by atoms with Crippen molar-refractivity contribution in [1.29, 1.82) is 0 Å². The van der Waals surface area contributed by atoms with Crippen LogP contribution in [-0.2, 0) is 0 Å². The first-order chi connectivity index (χ1) is 5.77. The van der Waals surface area contributed by atoms with Gasteiger partial charge in [-0.2, -0.15) is 0 Å². The van der Waals surface area contributed by atoms with E-state index in [1.54, 1.807) is 11.8 Å². The first-order valence-corrected chi connectivity index (χ1v) is 5.22. The van der Waals surface area contributed by atoms with Gasteiger partial charge in [-0.3, -0.25) is 0 Å². The van der Waals surface area contributed by atoms with E-state index in [2.05, 4.69) is 6.58 Å². The number of hydrogen-bond acceptors (Lipinski definition) is 2. The Morgan fingerprint density at radius 2 is 2.00 bits per heavy atom. The second-order valence-electron chi connectivity index (χ2n) is 2.32. The van der Waals surface area contributed by atoms with Gasteiger partial charge in [0.15, 0.2) is 0 Å². The molecule has 0 nitrogen and oxygen atoms in total. The number of benzene rings is 1. The van der Waals surface area contributed by atoms with Gasteiger partial charge in [-0.25, -0.2) is 0 Å². The summed E-state index contributed by atoms with van der Waals surface area (Å²) < 4.78 is 0.936. The van der Waals surface area contributed by atoms with E-state index in [1.165, 1.54) is 0 Å². The molecule has 1 rings (SSSR count). The lowest BCUT2D eigenvalue weighted by Gasteiger charge is -1.99. The third-order valence-corrected chi connectivity index (χ3v) is 2.91. The number of thioether (sulfide) groups is 1. The minimum Gasteiger partial charge on any atom is -0.117 e. The SMILES string of the molecule is C=Cc1ccc(C(=S)SC)cc1. The molecule has 0 radical (unpaired) electrons. The molecule has 0 heterocycles. The van der Waals surface area contributed by atoms with E-state index in [9.17, 15) is 0 Å². The molecule has 62 valence electrons. The van der Waals surface area contributed by atoms with Gasteiger partial charge in [0.1, 0.15) is 0 Å². The molecule has 0 amide bonds. The van der Waals surface area contributed by atoms with Crippen LogP contribution in [0.25, 0.3) is 6.08 Å². The van der Waals surface area contributed by atoms with Crippen molar-refractivity contribution in [2.45, 2.75) is 0 Å². The van der Waals surface area contributed by atoms with E-state index in [1.807, 2.05) is 36.6 Å². The molecule has 0 atom stereocenters. The molecule has 0 saturated heterocycles. The number of thiocarbonyl (C=S) groups is 1. The zero-order chi connectivity index (χ0) is 8.97. The Balaban J connectivity index is 2.91. The minimum absolute atomic E-state index is 0.936. The Labute approximate surface area is 82.7 Å². The van der Waals surface area contributed by atoms with Crippen LogP contribution in [0.5, 0.6) is 0 Å². The molecule has 0 unspecified atom stereocenters. The Morgan fingerprint density at radius 1 is 1.42 bits per heavy atom. The maximum Gasteiger partial charge on any atom is 0.0775 e. The van der Waals surface area contributed by atoms with Gasteiger partial charge in [0.25, 0.3) is 0 Å². The van der Waals surface area contributed by atoms with E-state index in [0.717, 1.165) is 15.3 Å². The molecule has 0 fully saturated rings. The van der Waals surface area contributed by atoms with Crippen LogP contribution in [0, 0.1) is 0 Å². The van der Waals surface area contributed by atoms with E-state index in [-0.39, 0.29) is 0 Å².